The Labute approximate surface area is 107 Å². The van der Waals surface area contributed by atoms with Crippen molar-refractivity contribution in [3.63, 3.8) is 0 Å². The summed E-state index contributed by atoms with van der Waals surface area (Å²) in [5.41, 5.74) is 4.78. The van der Waals surface area contributed by atoms with Crippen molar-refractivity contribution in [2.45, 2.75) is 51.6 Å². The zero-order chi connectivity index (χ0) is 13.9. The number of unbranched alkanes of at least 4 members (excludes halogenated alkanes) is 1. The molecule has 1 aliphatic heterocycles. The fourth-order valence-corrected chi connectivity index (χ4v) is 1.88. The number of nitrogens with one attached hydrogen (secondary N) is 1. The van der Waals surface area contributed by atoms with Gasteiger partial charge in [-0.1, -0.05) is 19.8 Å². The molecule has 0 saturated carbocycles. The number of carbonyl (C=O) groups excluding carboxylic acids is 3. The second-order valence-electron chi connectivity index (χ2n) is 5.11. The van der Waals surface area contributed by atoms with Crippen LogP contribution in [0.1, 0.15) is 40.0 Å². The van der Waals surface area contributed by atoms with Crippen LogP contribution in [0.4, 0.5) is 0 Å². The Morgan fingerprint density at radius 3 is 2.67 bits per heavy atom. The van der Waals surface area contributed by atoms with Crippen molar-refractivity contribution in [3.05, 3.63) is 0 Å². The molecule has 6 nitrogen and oxygen atoms in total. The van der Waals surface area contributed by atoms with E-state index in [1.165, 1.54) is 4.90 Å². The van der Waals surface area contributed by atoms with Crippen LogP contribution in [0.5, 0.6) is 0 Å². The van der Waals surface area contributed by atoms with Crippen LogP contribution in [0.25, 0.3) is 0 Å². The van der Waals surface area contributed by atoms with E-state index in [2.05, 4.69) is 5.32 Å². The lowest BCUT2D eigenvalue weighted by atomic mass is 9.96. The van der Waals surface area contributed by atoms with Crippen molar-refractivity contribution in [2.24, 2.45) is 5.73 Å². The van der Waals surface area contributed by atoms with Gasteiger partial charge in [0.2, 0.25) is 11.8 Å². The van der Waals surface area contributed by atoms with Gasteiger partial charge in [0.05, 0.1) is 6.04 Å². The van der Waals surface area contributed by atoms with E-state index in [4.69, 9.17) is 5.73 Å². The fourth-order valence-electron chi connectivity index (χ4n) is 1.88. The first-order chi connectivity index (χ1) is 8.30. The minimum atomic E-state index is -1.03. The van der Waals surface area contributed by atoms with Gasteiger partial charge in [0.15, 0.2) is 0 Å². The van der Waals surface area contributed by atoms with Crippen molar-refractivity contribution >= 4 is 17.7 Å². The van der Waals surface area contributed by atoms with Crippen LogP contribution >= 0.6 is 0 Å². The predicted octanol–water partition coefficient (Wildman–Crippen LogP) is -0.232. The number of carbonyl (C=O) groups is 3. The lowest BCUT2D eigenvalue weighted by Crippen LogP contribution is -2.67. The lowest BCUT2D eigenvalue weighted by molar-refractivity contribution is -0.156. The van der Waals surface area contributed by atoms with Gasteiger partial charge in [0, 0.05) is 0 Å². The van der Waals surface area contributed by atoms with Gasteiger partial charge in [0.25, 0.3) is 5.91 Å². The number of hydrogen-bond acceptors (Lipinski definition) is 4. The highest BCUT2D eigenvalue weighted by Gasteiger charge is 2.44. The molecule has 6 heteroatoms. The van der Waals surface area contributed by atoms with Crippen molar-refractivity contribution in [1.82, 2.24) is 10.2 Å². The summed E-state index contributed by atoms with van der Waals surface area (Å²) in [5, 5.41) is 2.22. The van der Waals surface area contributed by atoms with Crippen LogP contribution in [-0.2, 0) is 14.4 Å². The van der Waals surface area contributed by atoms with Crippen LogP contribution < -0.4 is 11.1 Å². The first-order valence-corrected chi connectivity index (χ1v) is 6.22. The molecule has 3 amide bonds. The van der Waals surface area contributed by atoms with Gasteiger partial charge in [-0.25, -0.2) is 0 Å². The van der Waals surface area contributed by atoms with Gasteiger partial charge in [-0.15, -0.1) is 0 Å². The smallest absolute Gasteiger partial charge is 0.252 e. The number of nitrogens with two attached hydrogens (primary N) is 1. The third kappa shape index (κ3) is 2.87. The van der Waals surface area contributed by atoms with Crippen molar-refractivity contribution in [1.29, 1.82) is 0 Å². The maximum Gasteiger partial charge on any atom is 0.252 e. The first-order valence-electron chi connectivity index (χ1n) is 6.22. The first kappa shape index (κ1) is 14.6. The molecule has 102 valence electrons. The van der Waals surface area contributed by atoms with Crippen molar-refractivity contribution < 1.29 is 14.4 Å². The minimum absolute atomic E-state index is 0.114. The molecule has 0 aromatic rings. The van der Waals surface area contributed by atoms with E-state index in [0.717, 1.165) is 12.8 Å². The summed E-state index contributed by atoms with van der Waals surface area (Å²) in [6, 6.07) is -0.650. The molecular weight excluding hydrogens is 234 g/mol. The van der Waals surface area contributed by atoms with Crippen LogP contribution in [0, 0.1) is 0 Å². The molecule has 1 heterocycles. The van der Waals surface area contributed by atoms with E-state index in [0.29, 0.717) is 6.42 Å². The largest absolute Gasteiger partial charge is 0.320 e. The number of piperazine rings is 1. The molecule has 1 fully saturated rings. The number of rotatable bonds is 4. The molecule has 1 rings (SSSR count). The van der Waals surface area contributed by atoms with Gasteiger partial charge in [-0.3, -0.25) is 19.7 Å². The number of imide groups is 1. The molecule has 0 bridgehead atoms. The molecule has 3 N–H and O–H groups in total. The molecule has 1 aliphatic rings. The van der Waals surface area contributed by atoms with Crippen molar-refractivity contribution in [2.75, 3.05) is 6.54 Å². The summed E-state index contributed by atoms with van der Waals surface area (Å²) >= 11 is 0. The molecule has 0 aliphatic carbocycles. The van der Waals surface area contributed by atoms with Gasteiger partial charge in [0.1, 0.15) is 12.1 Å². The average molecular weight is 255 g/mol. The highest BCUT2D eigenvalue weighted by atomic mass is 16.2. The summed E-state index contributed by atoms with van der Waals surface area (Å²) < 4.78 is 0. The van der Waals surface area contributed by atoms with E-state index in [-0.39, 0.29) is 12.5 Å². The van der Waals surface area contributed by atoms with Gasteiger partial charge in [-0.2, -0.15) is 0 Å². The Bertz CT molecular complexity index is 366. The monoisotopic (exact) mass is 255 g/mol. The van der Waals surface area contributed by atoms with Gasteiger partial charge in [-0.05, 0) is 20.3 Å². The molecule has 0 aromatic heterocycles. The normalized spacial score (nSPS) is 20.6. The highest BCUT2D eigenvalue weighted by molar-refractivity contribution is 6.06. The summed E-state index contributed by atoms with van der Waals surface area (Å²) in [5.74, 6) is -1.26. The fraction of sp³-hybridized carbons (Fsp3) is 0.750. The summed E-state index contributed by atoms with van der Waals surface area (Å²) in [4.78, 5) is 36.5. The van der Waals surface area contributed by atoms with Crippen LogP contribution in [-0.4, -0.2) is 40.7 Å². The van der Waals surface area contributed by atoms with Crippen LogP contribution in [0.2, 0.25) is 0 Å². The second kappa shape index (κ2) is 5.48. The van der Waals surface area contributed by atoms with Crippen molar-refractivity contribution in [3.8, 4) is 0 Å². The van der Waals surface area contributed by atoms with E-state index in [9.17, 15) is 14.4 Å². The Morgan fingerprint density at radius 2 is 2.11 bits per heavy atom. The molecule has 0 aromatic carbocycles. The maximum atomic E-state index is 12.2. The molecule has 0 radical (unpaired) electrons. The zero-order valence-electron chi connectivity index (χ0n) is 11.2. The van der Waals surface area contributed by atoms with E-state index >= 15 is 0 Å². The van der Waals surface area contributed by atoms with Gasteiger partial charge < -0.3 is 10.6 Å². The van der Waals surface area contributed by atoms with E-state index in [1.54, 1.807) is 13.8 Å². The Hall–Kier alpha value is -1.43. The highest BCUT2D eigenvalue weighted by Crippen LogP contribution is 2.19. The second-order valence-corrected chi connectivity index (χ2v) is 5.11. The van der Waals surface area contributed by atoms with E-state index in [1.807, 2.05) is 6.92 Å². The van der Waals surface area contributed by atoms with Crippen LogP contribution in [0.3, 0.4) is 0 Å². The standard InChI is InChI=1S/C12H21N3O3/c1-4-5-6-8(13)10(17)15-7-9(16)14-11(18)12(15,2)3/h8H,4-7,13H2,1-3H3,(H,14,16,18)/t8-/m0/s1. The Morgan fingerprint density at radius 1 is 1.50 bits per heavy atom. The summed E-state index contributed by atoms with van der Waals surface area (Å²) in [7, 11) is 0. The third-order valence-corrected chi connectivity index (χ3v) is 3.24. The Kier molecular flexibility index (Phi) is 4.45. The zero-order valence-corrected chi connectivity index (χ0v) is 11.2. The molecular formula is C12H21N3O3. The molecule has 0 unspecified atom stereocenters. The molecule has 0 spiro atoms. The molecule has 1 atom stereocenters. The third-order valence-electron chi connectivity index (χ3n) is 3.24. The average Bonchev–Trinajstić information content (AvgIpc) is 2.30. The van der Waals surface area contributed by atoms with E-state index < -0.39 is 23.4 Å². The predicted molar refractivity (Wildman–Crippen MR) is 66.4 cm³/mol. The lowest BCUT2D eigenvalue weighted by Gasteiger charge is -2.41. The minimum Gasteiger partial charge on any atom is -0.320 e. The number of nitrogens with zero attached hydrogens (tertiary/aromatic N) is 1. The summed E-state index contributed by atoms with van der Waals surface area (Å²) in [6.07, 6.45) is 2.36. The molecule has 1 saturated heterocycles. The Balaban J connectivity index is 2.81. The van der Waals surface area contributed by atoms with Crippen LogP contribution in [0.15, 0.2) is 0 Å². The SMILES string of the molecule is CCCC[C@H](N)C(=O)N1CC(=O)NC(=O)C1(C)C. The number of hydrogen-bond donors (Lipinski definition) is 2. The molecule has 18 heavy (non-hydrogen) atoms. The number of amides is 3. The maximum absolute atomic E-state index is 12.2. The summed E-state index contributed by atoms with van der Waals surface area (Å²) in [6.45, 7) is 5.12. The quantitative estimate of drug-likeness (QED) is 0.678. The van der Waals surface area contributed by atoms with Gasteiger partial charge >= 0.3 is 0 Å². The topological polar surface area (TPSA) is 92.5 Å².